The van der Waals surface area contributed by atoms with E-state index in [0.717, 1.165) is 16.3 Å². The number of benzene rings is 2. The first kappa shape index (κ1) is 22.3. The number of hydrogen-bond donors (Lipinski definition) is 1. The van der Waals surface area contributed by atoms with Gasteiger partial charge in [0.05, 0.1) is 13.0 Å². The van der Waals surface area contributed by atoms with E-state index < -0.39 is 5.97 Å². The molecule has 9 heteroatoms. The van der Waals surface area contributed by atoms with E-state index in [1.165, 1.54) is 0 Å². The Bertz CT molecular complexity index is 1110. The molecule has 4 rings (SSSR count). The van der Waals surface area contributed by atoms with Crippen LogP contribution in [0, 0.1) is 0 Å². The van der Waals surface area contributed by atoms with E-state index >= 15 is 0 Å². The predicted molar refractivity (Wildman–Crippen MR) is 122 cm³/mol. The highest BCUT2D eigenvalue weighted by molar-refractivity contribution is 6.16. The normalized spacial score (nSPS) is 17.2. The second-order valence-electron chi connectivity index (χ2n) is 7.66. The highest BCUT2D eigenvalue weighted by Gasteiger charge is 2.27. The van der Waals surface area contributed by atoms with Gasteiger partial charge in [-0.1, -0.05) is 36.4 Å². The topological polar surface area (TPSA) is 101 Å². The van der Waals surface area contributed by atoms with Gasteiger partial charge in [0.15, 0.2) is 5.70 Å². The van der Waals surface area contributed by atoms with Crippen LogP contribution in [-0.2, 0) is 19.1 Å². The van der Waals surface area contributed by atoms with E-state index in [1.54, 1.807) is 18.0 Å². The summed E-state index contributed by atoms with van der Waals surface area (Å²) in [5.74, 6) is -0.527. The van der Waals surface area contributed by atoms with E-state index in [2.05, 4.69) is 10.3 Å². The van der Waals surface area contributed by atoms with Gasteiger partial charge in [-0.05, 0) is 23.8 Å². The summed E-state index contributed by atoms with van der Waals surface area (Å²) >= 11 is 0. The third-order valence-corrected chi connectivity index (χ3v) is 5.46. The van der Waals surface area contributed by atoms with Crippen molar-refractivity contribution >= 4 is 34.6 Å². The van der Waals surface area contributed by atoms with Crippen molar-refractivity contribution in [2.24, 2.45) is 4.99 Å². The molecule has 2 aromatic rings. The molecule has 1 N–H and O–H groups in total. The number of ether oxygens (including phenoxy) is 2. The van der Waals surface area contributed by atoms with Crippen molar-refractivity contribution in [2.75, 3.05) is 39.3 Å². The fourth-order valence-electron chi connectivity index (χ4n) is 3.77. The molecule has 9 nitrogen and oxygen atoms in total. The Kier molecular flexibility index (Phi) is 6.87. The van der Waals surface area contributed by atoms with Crippen LogP contribution < -0.4 is 5.32 Å². The molecule has 33 heavy (non-hydrogen) atoms. The average Bonchev–Trinajstić information content (AvgIpc) is 3.19. The third kappa shape index (κ3) is 5.31. The molecule has 0 unspecified atom stereocenters. The van der Waals surface area contributed by atoms with Gasteiger partial charge in [-0.15, -0.1) is 0 Å². The number of fused-ring (bicyclic) bond motifs is 1. The summed E-state index contributed by atoms with van der Waals surface area (Å²) < 4.78 is 10.3. The second kappa shape index (κ2) is 10.2. The minimum absolute atomic E-state index is 0.144. The third-order valence-electron chi connectivity index (χ3n) is 5.46. The molecule has 0 spiro atoms. The number of esters is 2. The van der Waals surface area contributed by atoms with Crippen LogP contribution >= 0.6 is 0 Å². The van der Waals surface area contributed by atoms with E-state index in [4.69, 9.17) is 9.47 Å². The molecule has 0 atom stereocenters. The van der Waals surface area contributed by atoms with Crippen LogP contribution in [0.2, 0.25) is 0 Å². The first-order valence-electron chi connectivity index (χ1n) is 11.0. The maximum absolute atomic E-state index is 12.4. The van der Waals surface area contributed by atoms with Gasteiger partial charge >= 0.3 is 18.0 Å². The highest BCUT2D eigenvalue weighted by atomic mass is 16.6. The Morgan fingerprint density at radius 3 is 2.67 bits per heavy atom. The average molecular weight is 450 g/mol. The van der Waals surface area contributed by atoms with Crippen LogP contribution in [0.15, 0.2) is 59.4 Å². The molecule has 0 aliphatic carbocycles. The van der Waals surface area contributed by atoms with E-state index in [9.17, 15) is 14.4 Å². The summed E-state index contributed by atoms with van der Waals surface area (Å²) in [5, 5.41) is 4.74. The molecule has 2 amide bonds. The number of cyclic esters (lactones) is 1. The Balaban J connectivity index is 1.34. The zero-order chi connectivity index (χ0) is 23.2. The first-order valence-corrected chi connectivity index (χ1v) is 11.0. The Morgan fingerprint density at radius 1 is 1.12 bits per heavy atom. The molecular weight excluding hydrogens is 424 g/mol. The highest BCUT2D eigenvalue weighted by Crippen LogP contribution is 2.24. The van der Waals surface area contributed by atoms with Crippen LogP contribution in [0.3, 0.4) is 0 Å². The number of hydrogen-bond acceptors (Lipinski definition) is 7. The monoisotopic (exact) mass is 450 g/mol. The number of amides is 2. The van der Waals surface area contributed by atoms with Crippen molar-refractivity contribution in [3.63, 3.8) is 0 Å². The number of carbonyl (C=O) groups excluding carboxylic acids is 3. The number of rotatable bonds is 6. The van der Waals surface area contributed by atoms with Gasteiger partial charge in [-0.25, -0.2) is 14.6 Å². The van der Waals surface area contributed by atoms with E-state index in [0.29, 0.717) is 38.7 Å². The summed E-state index contributed by atoms with van der Waals surface area (Å²) in [6, 6.07) is 13.4. The van der Waals surface area contributed by atoms with Gasteiger partial charge in [-0.2, -0.15) is 0 Å². The quantitative estimate of drug-likeness (QED) is 0.535. The standard InChI is InChI=1S/C24H26N4O5/c1-2-32-21(29)10-11-25-24(31)28-14-12-27(13-15-28)16-20-23(30)33-22(26-20)19-9-5-7-17-6-3-4-8-18(17)19/h3-9,16H,2,10-15H2,1H3,(H,25,31)/b20-16+. The van der Waals surface area contributed by atoms with Crippen LogP contribution in [0.1, 0.15) is 18.9 Å². The molecule has 2 aromatic carbocycles. The number of aliphatic imine (C=N–C) groups is 1. The second-order valence-corrected chi connectivity index (χ2v) is 7.66. The molecular formula is C24H26N4O5. The fraction of sp³-hybridized carbons (Fsp3) is 0.333. The Morgan fingerprint density at radius 2 is 1.88 bits per heavy atom. The molecule has 0 saturated carbocycles. The van der Waals surface area contributed by atoms with Gasteiger partial charge in [0, 0.05) is 44.5 Å². The molecule has 0 radical (unpaired) electrons. The number of carbonyl (C=O) groups is 3. The smallest absolute Gasteiger partial charge is 0.365 e. The summed E-state index contributed by atoms with van der Waals surface area (Å²) in [5.41, 5.74) is 1.01. The van der Waals surface area contributed by atoms with Crippen molar-refractivity contribution in [3.05, 3.63) is 59.9 Å². The molecule has 172 valence electrons. The minimum Gasteiger partial charge on any atom is -0.466 e. The van der Waals surface area contributed by atoms with Gasteiger partial charge in [0.25, 0.3) is 0 Å². The zero-order valence-electron chi connectivity index (χ0n) is 18.5. The van der Waals surface area contributed by atoms with Crippen molar-refractivity contribution in [3.8, 4) is 0 Å². The van der Waals surface area contributed by atoms with Gasteiger partial charge in [-0.3, -0.25) is 4.79 Å². The van der Waals surface area contributed by atoms with Crippen molar-refractivity contribution in [1.82, 2.24) is 15.1 Å². The summed E-state index contributed by atoms with van der Waals surface area (Å²) in [4.78, 5) is 44.1. The maximum Gasteiger partial charge on any atom is 0.365 e. The SMILES string of the molecule is CCOC(=O)CCNC(=O)N1CCN(/C=C2/N=C(c3cccc4ccccc34)OC2=O)CC1. The first-order chi connectivity index (χ1) is 16.0. The molecule has 1 saturated heterocycles. The van der Waals surface area contributed by atoms with E-state index in [-0.39, 0.29) is 30.7 Å². The van der Waals surface area contributed by atoms with Gasteiger partial charge in [0.1, 0.15) is 0 Å². The molecule has 1 fully saturated rings. The Hall–Kier alpha value is -3.88. The number of nitrogens with zero attached hydrogens (tertiary/aromatic N) is 3. The lowest BCUT2D eigenvalue weighted by Gasteiger charge is -2.34. The van der Waals surface area contributed by atoms with Gasteiger partial charge in [0.2, 0.25) is 5.90 Å². The number of nitrogens with one attached hydrogen (secondary N) is 1. The van der Waals surface area contributed by atoms with Crippen LogP contribution in [0.25, 0.3) is 10.8 Å². The lowest BCUT2D eigenvalue weighted by Crippen LogP contribution is -2.50. The zero-order valence-corrected chi connectivity index (χ0v) is 18.5. The van der Waals surface area contributed by atoms with Crippen LogP contribution in [-0.4, -0.2) is 73.0 Å². The van der Waals surface area contributed by atoms with Crippen molar-refractivity contribution in [2.45, 2.75) is 13.3 Å². The lowest BCUT2D eigenvalue weighted by atomic mass is 10.0. The van der Waals surface area contributed by atoms with E-state index in [1.807, 2.05) is 47.4 Å². The van der Waals surface area contributed by atoms with Gasteiger partial charge < -0.3 is 24.6 Å². The van der Waals surface area contributed by atoms with Crippen LogP contribution in [0.5, 0.6) is 0 Å². The molecule has 0 bridgehead atoms. The summed E-state index contributed by atoms with van der Waals surface area (Å²) in [6.45, 7) is 4.40. The molecule has 2 aliphatic heterocycles. The predicted octanol–water partition coefficient (Wildman–Crippen LogP) is 2.26. The summed E-state index contributed by atoms with van der Waals surface area (Å²) in [7, 11) is 0. The number of urea groups is 1. The molecule has 2 aliphatic rings. The lowest BCUT2D eigenvalue weighted by molar-refractivity contribution is -0.142. The minimum atomic E-state index is -0.489. The number of piperazine rings is 1. The largest absolute Gasteiger partial charge is 0.466 e. The van der Waals surface area contributed by atoms with Crippen LogP contribution in [0.4, 0.5) is 4.79 Å². The molecule has 0 aromatic heterocycles. The van der Waals surface area contributed by atoms with Crippen molar-refractivity contribution < 1.29 is 23.9 Å². The molecule has 2 heterocycles. The fourth-order valence-corrected chi connectivity index (χ4v) is 3.77. The van der Waals surface area contributed by atoms with Crippen molar-refractivity contribution in [1.29, 1.82) is 0 Å². The Labute approximate surface area is 191 Å². The summed E-state index contributed by atoms with van der Waals surface area (Å²) in [6.07, 6.45) is 1.83. The maximum atomic E-state index is 12.4.